The van der Waals surface area contributed by atoms with E-state index in [9.17, 15) is 13.2 Å². The van der Waals surface area contributed by atoms with Gasteiger partial charge in [0.2, 0.25) is 0 Å². The van der Waals surface area contributed by atoms with E-state index in [0.29, 0.717) is 17.8 Å². The molecule has 0 bridgehead atoms. The van der Waals surface area contributed by atoms with Crippen molar-refractivity contribution in [2.24, 2.45) is 0 Å². The van der Waals surface area contributed by atoms with Crippen LogP contribution < -0.4 is 4.72 Å². The molecule has 1 amide bonds. The molecule has 0 saturated carbocycles. The van der Waals surface area contributed by atoms with Gasteiger partial charge in [0, 0.05) is 22.3 Å². The van der Waals surface area contributed by atoms with Gasteiger partial charge in [-0.15, -0.1) is 11.3 Å². The molecule has 0 aliphatic carbocycles. The first kappa shape index (κ1) is 20.1. The van der Waals surface area contributed by atoms with Gasteiger partial charge in [0.15, 0.2) is 0 Å². The largest absolute Gasteiger partial charge is 0.332 e. The Morgan fingerprint density at radius 2 is 1.90 bits per heavy atom. The fourth-order valence-corrected chi connectivity index (χ4v) is 5.85. The number of hydrogen-bond acceptors (Lipinski definition) is 4. The smallest absolute Gasteiger partial charge is 0.271 e. The maximum absolute atomic E-state index is 13.2. The van der Waals surface area contributed by atoms with E-state index in [1.54, 1.807) is 41.8 Å². The van der Waals surface area contributed by atoms with Crippen LogP contribution in [0, 0.1) is 0 Å². The Bertz CT molecular complexity index is 1110. The van der Waals surface area contributed by atoms with Crippen molar-refractivity contribution in [3.05, 3.63) is 81.6 Å². The third kappa shape index (κ3) is 4.39. The molecule has 1 aliphatic rings. The van der Waals surface area contributed by atoms with Crippen LogP contribution in [0.15, 0.2) is 74.7 Å². The van der Waals surface area contributed by atoms with Gasteiger partial charge in [-0.3, -0.25) is 9.52 Å². The highest BCUT2D eigenvalue weighted by Crippen LogP contribution is 2.34. The SMILES string of the molecule is O=C(c1cccc(NS(=O)(=O)c2cccs2)c1)N1CCCC1c1ccc(Br)cc1. The van der Waals surface area contributed by atoms with E-state index >= 15 is 0 Å². The van der Waals surface area contributed by atoms with Crippen LogP contribution in [-0.4, -0.2) is 25.8 Å². The van der Waals surface area contributed by atoms with Gasteiger partial charge in [-0.05, 0) is 60.2 Å². The topological polar surface area (TPSA) is 66.5 Å². The van der Waals surface area contributed by atoms with E-state index in [2.05, 4.69) is 20.7 Å². The summed E-state index contributed by atoms with van der Waals surface area (Å²) in [6.45, 7) is 0.685. The predicted molar refractivity (Wildman–Crippen MR) is 119 cm³/mol. The second kappa shape index (κ2) is 8.30. The summed E-state index contributed by atoms with van der Waals surface area (Å²) in [5.41, 5.74) is 1.96. The Labute approximate surface area is 182 Å². The molecule has 0 spiro atoms. The van der Waals surface area contributed by atoms with Crippen molar-refractivity contribution in [2.45, 2.75) is 23.1 Å². The maximum atomic E-state index is 13.2. The highest BCUT2D eigenvalue weighted by molar-refractivity contribution is 9.10. The predicted octanol–water partition coefficient (Wildman–Crippen LogP) is 5.29. The second-order valence-corrected chi connectivity index (χ2v) is 10.6. The number of amides is 1. The monoisotopic (exact) mass is 490 g/mol. The second-order valence-electron chi connectivity index (χ2n) is 6.83. The summed E-state index contributed by atoms with van der Waals surface area (Å²) < 4.78 is 28.7. The number of carbonyl (C=O) groups is 1. The van der Waals surface area contributed by atoms with Crippen molar-refractivity contribution < 1.29 is 13.2 Å². The molecule has 1 saturated heterocycles. The molecule has 1 N–H and O–H groups in total. The fourth-order valence-electron chi connectivity index (χ4n) is 3.54. The normalized spacial score (nSPS) is 16.7. The van der Waals surface area contributed by atoms with Gasteiger partial charge in [-0.1, -0.05) is 40.2 Å². The summed E-state index contributed by atoms with van der Waals surface area (Å²) in [5, 5.41) is 1.71. The van der Waals surface area contributed by atoms with Crippen LogP contribution in [0.1, 0.15) is 34.8 Å². The molecule has 1 aliphatic heterocycles. The molecule has 1 unspecified atom stereocenters. The molecule has 1 fully saturated rings. The molecule has 150 valence electrons. The van der Waals surface area contributed by atoms with Crippen LogP contribution in [-0.2, 0) is 10.0 Å². The summed E-state index contributed by atoms with van der Waals surface area (Å²) in [7, 11) is -3.65. The van der Waals surface area contributed by atoms with Gasteiger partial charge in [0.25, 0.3) is 15.9 Å². The number of thiophene rings is 1. The van der Waals surface area contributed by atoms with E-state index in [-0.39, 0.29) is 16.2 Å². The quantitative estimate of drug-likeness (QED) is 0.528. The van der Waals surface area contributed by atoms with Crippen LogP contribution in [0.3, 0.4) is 0 Å². The lowest BCUT2D eigenvalue weighted by molar-refractivity contribution is 0.0735. The molecule has 1 atom stereocenters. The lowest BCUT2D eigenvalue weighted by atomic mass is 10.0. The van der Waals surface area contributed by atoms with Crippen LogP contribution in [0.4, 0.5) is 5.69 Å². The van der Waals surface area contributed by atoms with Crippen molar-refractivity contribution in [3.8, 4) is 0 Å². The summed E-state index contributed by atoms with van der Waals surface area (Å²) in [4.78, 5) is 15.1. The average Bonchev–Trinajstić information content (AvgIpc) is 3.40. The Balaban J connectivity index is 1.56. The van der Waals surface area contributed by atoms with Crippen LogP contribution in [0.25, 0.3) is 0 Å². The van der Waals surface area contributed by atoms with Crippen LogP contribution in [0.2, 0.25) is 0 Å². The third-order valence-electron chi connectivity index (χ3n) is 4.89. The van der Waals surface area contributed by atoms with E-state index in [1.807, 2.05) is 29.2 Å². The van der Waals surface area contributed by atoms with Gasteiger partial charge in [0.05, 0.1) is 6.04 Å². The van der Waals surface area contributed by atoms with Gasteiger partial charge >= 0.3 is 0 Å². The fraction of sp³-hybridized carbons (Fsp3) is 0.190. The molecule has 0 radical (unpaired) electrons. The molecule has 5 nitrogen and oxygen atoms in total. The number of benzene rings is 2. The van der Waals surface area contributed by atoms with Gasteiger partial charge in [-0.2, -0.15) is 0 Å². The number of likely N-dealkylation sites (tertiary alicyclic amines) is 1. The zero-order valence-corrected chi connectivity index (χ0v) is 18.6. The van der Waals surface area contributed by atoms with Gasteiger partial charge in [-0.25, -0.2) is 8.42 Å². The number of carbonyl (C=O) groups excluding carboxylic acids is 1. The zero-order valence-electron chi connectivity index (χ0n) is 15.4. The maximum Gasteiger partial charge on any atom is 0.271 e. The van der Waals surface area contributed by atoms with Crippen molar-refractivity contribution >= 4 is 48.9 Å². The number of halogens is 1. The Morgan fingerprint density at radius 1 is 1.10 bits per heavy atom. The minimum absolute atomic E-state index is 0.0297. The highest BCUT2D eigenvalue weighted by atomic mass is 79.9. The number of rotatable bonds is 5. The van der Waals surface area contributed by atoms with E-state index in [0.717, 1.165) is 34.2 Å². The Kier molecular flexibility index (Phi) is 5.76. The summed E-state index contributed by atoms with van der Waals surface area (Å²) in [5.74, 6) is -0.0902. The van der Waals surface area contributed by atoms with Crippen molar-refractivity contribution in [3.63, 3.8) is 0 Å². The van der Waals surface area contributed by atoms with E-state index in [4.69, 9.17) is 0 Å². The zero-order chi connectivity index (χ0) is 20.4. The van der Waals surface area contributed by atoms with Crippen LogP contribution >= 0.6 is 27.3 Å². The molecule has 2 heterocycles. The standard InChI is InChI=1S/C21H19BrN2O3S2/c22-17-10-8-15(9-11-17)19-6-2-12-24(19)21(25)16-4-1-5-18(14-16)23-29(26,27)20-7-3-13-28-20/h1,3-5,7-11,13-14,19,23H,2,6,12H2. The molecule has 8 heteroatoms. The Morgan fingerprint density at radius 3 is 2.62 bits per heavy atom. The number of anilines is 1. The highest BCUT2D eigenvalue weighted by Gasteiger charge is 2.30. The summed E-state index contributed by atoms with van der Waals surface area (Å²) in [6.07, 6.45) is 1.86. The number of hydrogen-bond donors (Lipinski definition) is 1. The van der Waals surface area contributed by atoms with Crippen LogP contribution in [0.5, 0.6) is 0 Å². The first-order valence-corrected chi connectivity index (χ1v) is 12.3. The van der Waals surface area contributed by atoms with Crippen molar-refractivity contribution in [1.82, 2.24) is 4.90 Å². The minimum atomic E-state index is -3.65. The summed E-state index contributed by atoms with van der Waals surface area (Å²) in [6, 6.07) is 18.0. The number of sulfonamides is 1. The molecule has 3 aromatic rings. The first-order chi connectivity index (χ1) is 13.9. The first-order valence-electron chi connectivity index (χ1n) is 9.17. The molecule has 2 aromatic carbocycles. The lowest BCUT2D eigenvalue weighted by Gasteiger charge is -2.25. The molecular formula is C21H19BrN2O3S2. The van der Waals surface area contributed by atoms with Gasteiger partial charge < -0.3 is 4.90 Å². The van der Waals surface area contributed by atoms with Crippen molar-refractivity contribution in [1.29, 1.82) is 0 Å². The number of nitrogens with zero attached hydrogens (tertiary/aromatic N) is 1. The molecule has 1 aromatic heterocycles. The Hall–Kier alpha value is -2.16. The number of nitrogens with one attached hydrogen (secondary N) is 1. The van der Waals surface area contributed by atoms with Crippen molar-refractivity contribution in [2.75, 3.05) is 11.3 Å². The van der Waals surface area contributed by atoms with E-state index < -0.39 is 10.0 Å². The third-order valence-corrected chi connectivity index (χ3v) is 8.20. The minimum Gasteiger partial charge on any atom is -0.332 e. The molecular weight excluding hydrogens is 472 g/mol. The lowest BCUT2D eigenvalue weighted by Crippen LogP contribution is -2.30. The summed E-state index contributed by atoms with van der Waals surface area (Å²) >= 11 is 4.59. The average molecular weight is 491 g/mol. The molecule has 29 heavy (non-hydrogen) atoms. The van der Waals surface area contributed by atoms with Gasteiger partial charge in [0.1, 0.15) is 4.21 Å². The van der Waals surface area contributed by atoms with E-state index in [1.165, 1.54) is 0 Å². The molecule has 4 rings (SSSR count).